The summed E-state index contributed by atoms with van der Waals surface area (Å²) in [7, 11) is 1.65. The second kappa shape index (κ2) is 4.92. The molecule has 0 saturated heterocycles. The second-order valence-electron chi connectivity index (χ2n) is 3.86. The Labute approximate surface area is 98.4 Å². The summed E-state index contributed by atoms with van der Waals surface area (Å²) in [5.41, 5.74) is 1.00. The molecule has 2 unspecified atom stereocenters. The number of aromatic nitrogens is 2. The zero-order valence-electron chi connectivity index (χ0n) is 8.82. The molecule has 4 heteroatoms. The number of ether oxygens (including phenoxy) is 1. The van der Waals surface area contributed by atoms with Crippen molar-refractivity contribution in [1.29, 1.82) is 0 Å². The number of halogens is 1. The lowest BCUT2D eigenvalue weighted by atomic mass is 9.87. The van der Waals surface area contributed by atoms with Gasteiger partial charge in [0.05, 0.1) is 7.11 Å². The van der Waals surface area contributed by atoms with Gasteiger partial charge in [-0.15, -0.1) is 0 Å². The quantitative estimate of drug-likeness (QED) is 0.776. The zero-order chi connectivity index (χ0) is 10.7. The SMILES string of the molecule is COc1nccnc1C1CCCCC1Br. The van der Waals surface area contributed by atoms with Crippen LogP contribution in [0.1, 0.15) is 37.3 Å². The molecule has 1 heterocycles. The third-order valence-electron chi connectivity index (χ3n) is 2.92. The molecule has 15 heavy (non-hydrogen) atoms. The lowest BCUT2D eigenvalue weighted by molar-refractivity contribution is 0.371. The minimum Gasteiger partial charge on any atom is -0.480 e. The number of alkyl halides is 1. The minimum atomic E-state index is 0.447. The summed E-state index contributed by atoms with van der Waals surface area (Å²) in [6, 6.07) is 0. The summed E-state index contributed by atoms with van der Waals surface area (Å²) in [5.74, 6) is 1.12. The average Bonchev–Trinajstić information content (AvgIpc) is 2.30. The molecule has 1 saturated carbocycles. The van der Waals surface area contributed by atoms with Gasteiger partial charge in [0.25, 0.3) is 0 Å². The fraction of sp³-hybridized carbons (Fsp3) is 0.636. The van der Waals surface area contributed by atoms with Crippen molar-refractivity contribution < 1.29 is 4.74 Å². The molecular weight excluding hydrogens is 256 g/mol. The largest absolute Gasteiger partial charge is 0.480 e. The molecule has 3 nitrogen and oxygen atoms in total. The molecule has 1 aliphatic rings. The molecule has 0 amide bonds. The molecule has 0 bridgehead atoms. The normalized spacial score (nSPS) is 26.3. The highest BCUT2D eigenvalue weighted by Gasteiger charge is 2.28. The number of rotatable bonds is 2. The van der Waals surface area contributed by atoms with E-state index in [0.29, 0.717) is 16.6 Å². The van der Waals surface area contributed by atoms with Crippen LogP contribution in [0.3, 0.4) is 0 Å². The zero-order valence-corrected chi connectivity index (χ0v) is 10.4. The lowest BCUT2D eigenvalue weighted by Crippen LogP contribution is -2.19. The van der Waals surface area contributed by atoms with Crippen LogP contribution in [0.4, 0.5) is 0 Å². The van der Waals surface area contributed by atoms with Gasteiger partial charge in [0.1, 0.15) is 5.69 Å². The summed E-state index contributed by atoms with van der Waals surface area (Å²) < 4.78 is 5.25. The fourth-order valence-corrected chi connectivity index (χ4v) is 2.98. The Balaban J connectivity index is 2.26. The van der Waals surface area contributed by atoms with Crippen molar-refractivity contribution in [3.05, 3.63) is 18.1 Å². The van der Waals surface area contributed by atoms with Gasteiger partial charge in [0, 0.05) is 23.1 Å². The first-order chi connectivity index (χ1) is 7.33. The summed E-state index contributed by atoms with van der Waals surface area (Å²) in [5, 5.41) is 0. The number of methoxy groups -OCH3 is 1. The summed E-state index contributed by atoms with van der Waals surface area (Å²) in [4.78, 5) is 9.12. The van der Waals surface area contributed by atoms with Crippen molar-refractivity contribution in [2.45, 2.75) is 36.4 Å². The predicted octanol–water partition coefficient (Wildman–Crippen LogP) is 2.91. The lowest BCUT2D eigenvalue weighted by Gasteiger charge is -2.27. The Morgan fingerprint density at radius 1 is 1.27 bits per heavy atom. The van der Waals surface area contributed by atoms with Crippen LogP contribution in [0.25, 0.3) is 0 Å². The van der Waals surface area contributed by atoms with Crippen LogP contribution in [0.5, 0.6) is 5.88 Å². The molecule has 0 spiro atoms. The maximum Gasteiger partial charge on any atom is 0.235 e. The van der Waals surface area contributed by atoms with Crippen molar-refractivity contribution in [2.24, 2.45) is 0 Å². The Bertz CT molecular complexity index is 332. The van der Waals surface area contributed by atoms with E-state index in [1.165, 1.54) is 25.7 Å². The molecule has 2 atom stereocenters. The second-order valence-corrected chi connectivity index (χ2v) is 5.03. The van der Waals surface area contributed by atoms with Gasteiger partial charge in [-0.25, -0.2) is 4.98 Å². The Kier molecular flexibility index (Phi) is 3.57. The average molecular weight is 271 g/mol. The van der Waals surface area contributed by atoms with Crippen molar-refractivity contribution in [2.75, 3.05) is 7.11 Å². The molecule has 1 aliphatic carbocycles. The highest BCUT2D eigenvalue weighted by Crippen LogP contribution is 2.39. The molecule has 0 radical (unpaired) electrons. The van der Waals surface area contributed by atoms with Crippen molar-refractivity contribution in [1.82, 2.24) is 9.97 Å². The smallest absolute Gasteiger partial charge is 0.235 e. The maximum absolute atomic E-state index is 5.25. The number of hydrogen-bond donors (Lipinski definition) is 0. The Morgan fingerprint density at radius 3 is 2.73 bits per heavy atom. The topological polar surface area (TPSA) is 35.0 Å². The van der Waals surface area contributed by atoms with Gasteiger partial charge < -0.3 is 4.74 Å². The van der Waals surface area contributed by atoms with Gasteiger partial charge in [-0.05, 0) is 12.8 Å². The third kappa shape index (κ3) is 2.30. The van der Waals surface area contributed by atoms with E-state index in [0.717, 1.165) is 5.69 Å². The van der Waals surface area contributed by atoms with E-state index in [4.69, 9.17) is 4.74 Å². The van der Waals surface area contributed by atoms with E-state index >= 15 is 0 Å². The van der Waals surface area contributed by atoms with Crippen molar-refractivity contribution in [3.63, 3.8) is 0 Å². The fourth-order valence-electron chi connectivity index (χ4n) is 2.14. The van der Waals surface area contributed by atoms with Crippen molar-refractivity contribution >= 4 is 15.9 Å². The van der Waals surface area contributed by atoms with Crippen LogP contribution >= 0.6 is 15.9 Å². The van der Waals surface area contributed by atoms with Crippen LogP contribution in [0.2, 0.25) is 0 Å². The molecule has 82 valence electrons. The molecule has 1 aromatic rings. The van der Waals surface area contributed by atoms with Gasteiger partial charge in [0.15, 0.2) is 0 Å². The molecular formula is C11H15BrN2O. The standard InChI is InChI=1S/C11H15BrN2O/c1-15-11-10(13-6-7-14-11)8-4-2-3-5-9(8)12/h6-9H,2-5H2,1H3. The first kappa shape index (κ1) is 10.9. The third-order valence-corrected chi connectivity index (χ3v) is 4.01. The van der Waals surface area contributed by atoms with Gasteiger partial charge in [0.2, 0.25) is 5.88 Å². The summed E-state index contributed by atoms with van der Waals surface area (Å²) >= 11 is 3.73. The first-order valence-corrected chi connectivity index (χ1v) is 6.23. The highest BCUT2D eigenvalue weighted by atomic mass is 79.9. The van der Waals surface area contributed by atoms with E-state index < -0.39 is 0 Å². The van der Waals surface area contributed by atoms with E-state index in [-0.39, 0.29) is 0 Å². The minimum absolute atomic E-state index is 0.447. The van der Waals surface area contributed by atoms with Crippen LogP contribution in [0.15, 0.2) is 12.4 Å². The van der Waals surface area contributed by atoms with E-state index in [9.17, 15) is 0 Å². The van der Waals surface area contributed by atoms with Crippen LogP contribution in [-0.2, 0) is 0 Å². The maximum atomic E-state index is 5.25. The molecule has 0 N–H and O–H groups in total. The summed E-state index contributed by atoms with van der Waals surface area (Å²) in [6.07, 6.45) is 8.37. The number of hydrogen-bond acceptors (Lipinski definition) is 3. The van der Waals surface area contributed by atoms with Crippen LogP contribution in [0, 0.1) is 0 Å². The van der Waals surface area contributed by atoms with Gasteiger partial charge in [-0.1, -0.05) is 28.8 Å². The monoisotopic (exact) mass is 270 g/mol. The van der Waals surface area contributed by atoms with Gasteiger partial charge >= 0.3 is 0 Å². The molecule has 0 aliphatic heterocycles. The van der Waals surface area contributed by atoms with Crippen LogP contribution < -0.4 is 4.74 Å². The Morgan fingerprint density at radius 2 is 2.00 bits per heavy atom. The predicted molar refractivity (Wildman–Crippen MR) is 62.5 cm³/mol. The molecule has 1 fully saturated rings. The van der Waals surface area contributed by atoms with Gasteiger partial charge in [-0.2, -0.15) is 0 Å². The van der Waals surface area contributed by atoms with Gasteiger partial charge in [-0.3, -0.25) is 4.98 Å². The Hall–Kier alpha value is -0.640. The van der Waals surface area contributed by atoms with Crippen LogP contribution in [-0.4, -0.2) is 21.9 Å². The molecule has 1 aromatic heterocycles. The highest BCUT2D eigenvalue weighted by molar-refractivity contribution is 9.09. The van der Waals surface area contributed by atoms with Crippen molar-refractivity contribution in [3.8, 4) is 5.88 Å². The van der Waals surface area contributed by atoms with E-state index in [1.807, 2.05) is 0 Å². The van der Waals surface area contributed by atoms with E-state index in [1.54, 1.807) is 19.5 Å². The summed E-state index contributed by atoms with van der Waals surface area (Å²) in [6.45, 7) is 0. The first-order valence-electron chi connectivity index (χ1n) is 5.32. The van der Waals surface area contributed by atoms with E-state index in [2.05, 4.69) is 25.9 Å². The molecule has 0 aromatic carbocycles. The molecule has 2 rings (SSSR count). The number of nitrogens with zero attached hydrogens (tertiary/aromatic N) is 2.